The van der Waals surface area contributed by atoms with Gasteiger partial charge in [0.05, 0.1) is 12.2 Å². The van der Waals surface area contributed by atoms with Gasteiger partial charge < -0.3 is 9.47 Å². The van der Waals surface area contributed by atoms with Crippen molar-refractivity contribution in [3.05, 3.63) is 28.8 Å². The first-order valence-corrected chi connectivity index (χ1v) is 4.83. The Morgan fingerprint density at radius 2 is 2.12 bits per heavy atom. The van der Waals surface area contributed by atoms with Crippen molar-refractivity contribution >= 4 is 17.6 Å². The number of carbonyl (C=O) groups excluding carboxylic acids is 1. The van der Waals surface area contributed by atoms with Crippen LogP contribution >= 0.6 is 11.6 Å². The number of hydrogen-bond acceptors (Lipinski definition) is 3. The zero-order chi connectivity index (χ0) is 12.1. The standard InChI is InChI=1S/C10H9ClF2O3/c1-2-15-9(14)6-3-7(11)5-8(4-6)16-10(12)13/h3-5,10H,2H2,1H3. The third-order valence-corrected chi connectivity index (χ3v) is 1.83. The molecule has 0 saturated carbocycles. The minimum absolute atomic E-state index is 0.0741. The molecular formula is C10H9ClF2O3. The van der Waals surface area contributed by atoms with Gasteiger partial charge in [0.25, 0.3) is 0 Å². The lowest BCUT2D eigenvalue weighted by atomic mass is 10.2. The first-order valence-electron chi connectivity index (χ1n) is 4.45. The molecule has 3 nitrogen and oxygen atoms in total. The first kappa shape index (κ1) is 12.7. The topological polar surface area (TPSA) is 35.5 Å². The van der Waals surface area contributed by atoms with Crippen molar-refractivity contribution in [2.75, 3.05) is 6.61 Å². The summed E-state index contributed by atoms with van der Waals surface area (Å²) in [5.41, 5.74) is 0.0741. The van der Waals surface area contributed by atoms with Gasteiger partial charge in [0, 0.05) is 5.02 Å². The largest absolute Gasteiger partial charge is 0.462 e. The number of carbonyl (C=O) groups is 1. The van der Waals surface area contributed by atoms with Crippen molar-refractivity contribution in [1.82, 2.24) is 0 Å². The number of benzene rings is 1. The number of ether oxygens (including phenoxy) is 2. The van der Waals surface area contributed by atoms with Gasteiger partial charge in [-0.05, 0) is 25.1 Å². The number of esters is 1. The van der Waals surface area contributed by atoms with E-state index >= 15 is 0 Å². The minimum atomic E-state index is -2.96. The van der Waals surface area contributed by atoms with Crippen molar-refractivity contribution in [2.24, 2.45) is 0 Å². The van der Waals surface area contributed by atoms with Crippen LogP contribution in [-0.4, -0.2) is 19.2 Å². The quantitative estimate of drug-likeness (QED) is 0.770. The molecule has 1 rings (SSSR count). The van der Waals surface area contributed by atoms with Crippen LogP contribution in [0.5, 0.6) is 5.75 Å². The molecule has 1 aromatic carbocycles. The lowest BCUT2D eigenvalue weighted by Crippen LogP contribution is -2.07. The van der Waals surface area contributed by atoms with Crippen LogP contribution in [0.25, 0.3) is 0 Å². The van der Waals surface area contributed by atoms with Gasteiger partial charge in [0.1, 0.15) is 5.75 Å². The van der Waals surface area contributed by atoms with E-state index in [2.05, 4.69) is 4.74 Å². The fourth-order valence-corrected chi connectivity index (χ4v) is 1.29. The lowest BCUT2D eigenvalue weighted by Gasteiger charge is -2.07. The molecule has 88 valence electrons. The monoisotopic (exact) mass is 250 g/mol. The third kappa shape index (κ3) is 3.66. The maximum Gasteiger partial charge on any atom is 0.387 e. The SMILES string of the molecule is CCOC(=O)c1cc(Cl)cc(OC(F)F)c1. The molecular weight excluding hydrogens is 242 g/mol. The van der Waals surface area contributed by atoms with Crippen molar-refractivity contribution in [3.63, 3.8) is 0 Å². The van der Waals surface area contributed by atoms with Crippen LogP contribution in [0, 0.1) is 0 Å². The predicted octanol–water partition coefficient (Wildman–Crippen LogP) is 3.12. The molecule has 0 aliphatic heterocycles. The van der Waals surface area contributed by atoms with E-state index in [1.165, 1.54) is 12.1 Å². The highest BCUT2D eigenvalue weighted by Gasteiger charge is 2.12. The molecule has 0 saturated heterocycles. The second-order valence-electron chi connectivity index (χ2n) is 2.77. The van der Waals surface area contributed by atoms with Crippen LogP contribution in [0.3, 0.4) is 0 Å². The third-order valence-electron chi connectivity index (χ3n) is 1.61. The van der Waals surface area contributed by atoms with E-state index in [-0.39, 0.29) is 22.9 Å². The van der Waals surface area contributed by atoms with E-state index in [4.69, 9.17) is 16.3 Å². The van der Waals surface area contributed by atoms with Crippen LogP contribution in [0.15, 0.2) is 18.2 Å². The molecule has 0 spiro atoms. The summed E-state index contributed by atoms with van der Waals surface area (Å²) >= 11 is 5.65. The first-order chi connectivity index (χ1) is 7.52. The van der Waals surface area contributed by atoms with E-state index in [0.29, 0.717) is 0 Å². The molecule has 0 bridgehead atoms. The van der Waals surface area contributed by atoms with E-state index < -0.39 is 12.6 Å². The maximum atomic E-state index is 12.0. The summed E-state index contributed by atoms with van der Waals surface area (Å²) in [5, 5.41) is 0.126. The molecule has 0 atom stereocenters. The molecule has 0 aliphatic rings. The molecule has 0 amide bonds. The molecule has 0 radical (unpaired) electrons. The molecule has 0 unspecified atom stereocenters. The molecule has 0 heterocycles. The smallest absolute Gasteiger partial charge is 0.387 e. The number of hydrogen-bond donors (Lipinski definition) is 0. The van der Waals surface area contributed by atoms with Crippen molar-refractivity contribution in [2.45, 2.75) is 13.5 Å². The van der Waals surface area contributed by atoms with Crippen LogP contribution in [0.2, 0.25) is 5.02 Å². The summed E-state index contributed by atoms with van der Waals surface area (Å²) in [6.45, 7) is -1.14. The Morgan fingerprint density at radius 3 is 2.69 bits per heavy atom. The summed E-state index contributed by atoms with van der Waals surface area (Å²) in [6.07, 6.45) is 0. The Balaban J connectivity index is 2.93. The highest BCUT2D eigenvalue weighted by atomic mass is 35.5. The number of halogens is 3. The van der Waals surface area contributed by atoms with Gasteiger partial charge in [0.15, 0.2) is 0 Å². The van der Waals surface area contributed by atoms with Gasteiger partial charge in [-0.1, -0.05) is 11.6 Å². The van der Waals surface area contributed by atoms with Gasteiger partial charge in [-0.25, -0.2) is 4.79 Å². The summed E-state index contributed by atoms with van der Waals surface area (Å²) < 4.78 is 32.7. The Hall–Kier alpha value is -1.36. The van der Waals surface area contributed by atoms with Gasteiger partial charge in [-0.15, -0.1) is 0 Å². The molecule has 0 aliphatic carbocycles. The summed E-state index contributed by atoms with van der Waals surface area (Å²) in [4.78, 5) is 11.3. The van der Waals surface area contributed by atoms with Crippen molar-refractivity contribution in [3.8, 4) is 5.75 Å². The normalized spacial score (nSPS) is 10.3. The van der Waals surface area contributed by atoms with Gasteiger partial charge in [0.2, 0.25) is 0 Å². The number of rotatable bonds is 4. The Kier molecular flexibility index (Phi) is 4.49. The van der Waals surface area contributed by atoms with E-state index in [0.717, 1.165) is 6.07 Å². The van der Waals surface area contributed by atoms with E-state index in [1.54, 1.807) is 6.92 Å². The van der Waals surface area contributed by atoms with E-state index in [1.807, 2.05) is 0 Å². The van der Waals surface area contributed by atoms with Crippen LogP contribution in [0.4, 0.5) is 8.78 Å². The van der Waals surface area contributed by atoms with Gasteiger partial charge in [-0.2, -0.15) is 8.78 Å². The fraction of sp³-hybridized carbons (Fsp3) is 0.300. The zero-order valence-corrected chi connectivity index (χ0v) is 9.13. The highest BCUT2D eigenvalue weighted by Crippen LogP contribution is 2.23. The van der Waals surface area contributed by atoms with Crippen LogP contribution < -0.4 is 4.74 Å². The molecule has 6 heteroatoms. The number of alkyl halides is 2. The molecule has 0 fully saturated rings. The summed E-state index contributed by atoms with van der Waals surface area (Å²) in [7, 11) is 0. The summed E-state index contributed by atoms with van der Waals surface area (Å²) in [6, 6.07) is 3.66. The van der Waals surface area contributed by atoms with Crippen LogP contribution in [0.1, 0.15) is 17.3 Å². The average molecular weight is 251 g/mol. The van der Waals surface area contributed by atoms with Crippen molar-refractivity contribution in [1.29, 1.82) is 0 Å². The minimum Gasteiger partial charge on any atom is -0.462 e. The van der Waals surface area contributed by atoms with Crippen molar-refractivity contribution < 1.29 is 23.0 Å². The van der Waals surface area contributed by atoms with Gasteiger partial charge >= 0.3 is 12.6 Å². The molecule has 0 aromatic heterocycles. The Labute approximate surface area is 95.9 Å². The Bertz CT molecular complexity index is 382. The second kappa shape index (κ2) is 5.65. The van der Waals surface area contributed by atoms with E-state index in [9.17, 15) is 13.6 Å². The maximum absolute atomic E-state index is 12.0. The Morgan fingerprint density at radius 1 is 1.44 bits per heavy atom. The zero-order valence-electron chi connectivity index (χ0n) is 8.38. The molecule has 1 aromatic rings. The lowest BCUT2D eigenvalue weighted by molar-refractivity contribution is -0.0499. The molecule has 0 N–H and O–H groups in total. The fourth-order valence-electron chi connectivity index (χ4n) is 1.07. The highest BCUT2D eigenvalue weighted by molar-refractivity contribution is 6.31. The summed E-state index contributed by atoms with van der Waals surface area (Å²) in [5.74, 6) is -0.810. The molecule has 16 heavy (non-hydrogen) atoms. The van der Waals surface area contributed by atoms with Crippen LogP contribution in [-0.2, 0) is 4.74 Å². The van der Waals surface area contributed by atoms with Gasteiger partial charge in [-0.3, -0.25) is 0 Å². The predicted molar refractivity (Wildman–Crippen MR) is 54.0 cm³/mol. The average Bonchev–Trinajstić information content (AvgIpc) is 2.15. The second-order valence-corrected chi connectivity index (χ2v) is 3.21.